The first-order chi connectivity index (χ1) is 14.3. The lowest BCUT2D eigenvalue weighted by atomic mass is 9.53. The lowest BCUT2D eigenvalue weighted by Gasteiger charge is -2.21. The molecule has 2 aromatic rings. The summed E-state index contributed by atoms with van der Waals surface area (Å²) in [4.78, 5) is 19.5. The van der Waals surface area contributed by atoms with E-state index >= 15 is 0 Å². The van der Waals surface area contributed by atoms with Gasteiger partial charge in [-0.3, -0.25) is 4.79 Å². The first-order valence-electron chi connectivity index (χ1n) is 9.96. The van der Waals surface area contributed by atoms with E-state index in [9.17, 15) is 4.79 Å². The number of rotatable bonds is 7. The number of anilines is 2. The number of nitrogens with two attached hydrogens (primary N) is 1. The summed E-state index contributed by atoms with van der Waals surface area (Å²) in [5, 5.41) is 9.40. The minimum atomic E-state index is -0.784. The highest BCUT2D eigenvalue weighted by Gasteiger charge is 2.20. The molecule has 1 aromatic heterocycles. The van der Waals surface area contributed by atoms with E-state index in [0.29, 0.717) is 28.9 Å². The molecule has 0 spiro atoms. The molecule has 3 rings (SSSR count). The lowest BCUT2D eigenvalue weighted by Crippen LogP contribution is -2.22. The Morgan fingerprint density at radius 2 is 1.97 bits per heavy atom. The molecule has 0 unspecified atom stereocenters. The van der Waals surface area contributed by atoms with Crippen LogP contribution >= 0.6 is 0 Å². The molecular formula is C22H25B2N5O. The molecule has 1 fully saturated rings. The molecule has 150 valence electrons. The fourth-order valence-electron chi connectivity index (χ4n) is 3.50. The van der Waals surface area contributed by atoms with Crippen LogP contribution in [0.25, 0.3) is 5.70 Å². The standard InChI is InChI=1S/C22H25B2N5O/c1-22(23,24)13-15-4-6-17(7-5-15)28-21(30)16-12-18(19(26)8-9-25)20(27-14-16)29-10-2-3-11-29/h4-9,12,14,25H,2-3,10-11,13,26H2,1H3,(H,28,30)/b19-8-,25-9?. The summed E-state index contributed by atoms with van der Waals surface area (Å²) in [6, 6.07) is 9.13. The second-order valence-electron chi connectivity index (χ2n) is 7.91. The van der Waals surface area contributed by atoms with Gasteiger partial charge in [-0.05, 0) is 49.1 Å². The number of benzene rings is 1. The Morgan fingerprint density at radius 1 is 1.30 bits per heavy atom. The molecule has 0 atom stereocenters. The predicted molar refractivity (Wildman–Crippen MR) is 125 cm³/mol. The highest BCUT2D eigenvalue weighted by Crippen LogP contribution is 2.27. The van der Waals surface area contributed by atoms with Crippen molar-refractivity contribution >= 4 is 45.0 Å². The van der Waals surface area contributed by atoms with Crippen molar-refractivity contribution < 1.29 is 4.79 Å². The lowest BCUT2D eigenvalue weighted by molar-refractivity contribution is 0.102. The normalized spacial score (nSPS) is 14.6. The minimum absolute atomic E-state index is 0.283. The van der Waals surface area contributed by atoms with Gasteiger partial charge in [-0.15, -0.1) is 0 Å². The van der Waals surface area contributed by atoms with Crippen LogP contribution in [0, 0.1) is 5.41 Å². The monoisotopic (exact) mass is 397 g/mol. The smallest absolute Gasteiger partial charge is 0.257 e. The number of aromatic nitrogens is 1. The molecule has 1 amide bonds. The van der Waals surface area contributed by atoms with Crippen LogP contribution < -0.4 is 16.0 Å². The van der Waals surface area contributed by atoms with E-state index in [-0.39, 0.29) is 5.91 Å². The van der Waals surface area contributed by atoms with Gasteiger partial charge in [0.25, 0.3) is 5.91 Å². The van der Waals surface area contributed by atoms with Crippen molar-refractivity contribution in [1.82, 2.24) is 4.98 Å². The number of allylic oxidation sites excluding steroid dienone is 1. The number of nitrogens with one attached hydrogen (secondary N) is 2. The van der Waals surface area contributed by atoms with Gasteiger partial charge in [0.05, 0.1) is 21.3 Å². The molecule has 30 heavy (non-hydrogen) atoms. The van der Waals surface area contributed by atoms with Crippen LogP contribution in [0.2, 0.25) is 5.21 Å². The van der Waals surface area contributed by atoms with Crippen molar-refractivity contribution in [2.45, 2.75) is 31.4 Å². The van der Waals surface area contributed by atoms with Crippen molar-refractivity contribution in [1.29, 1.82) is 5.41 Å². The van der Waals surface area contributed by atoms with Crippen LogP contribution in [-0.2, 0) is 6.42 Å². The topological polar surface area (TPSA) is 95.1 Å². The van der Waals surface area contributed by atoms with E-state index < -0.39 is 5.21 Å². The number of nitrogens with zero attached hydrogens (tertiary/aromatic N) is 2. The Hall–Kier alpha value is -3.02. The number of hydrogen-bond donors (Lipinski definition) is 3. The van der Waals surface area contributed by atoms with Gasteiger partial charge in [0.15, 0.2) is 0 Å². The molecule has 1 aromatic carbocycles. The van der Waals surface area contributed by atoms with Gasteiger partial charge in [0.1, 0.15) is 5.82 Å². The third kappa shape index (κ3) is 5.53. The van der Waals surface area contributed by atoms with Crippen LogP contribution in [0.5, 0.6) is 0 Å². The van der Waals surface area contributed by atoms with Crippen LogP contribution in [0.15, 0.2) is 42.6 Å². The van der Waals surface area contributed by atoms with Gasteiger partial charge < -0.3 is 21.4 Å². The van der Waals surface area contributed by atoms with Crippen molar-refractivity contribution in [3.05, 3.63) is 59.3 Å². The average Bonchev–Trinajstić information content (AvgIpc) is 3.22. The largest absolute Gasteiger partial charge is 0.398 e. The van der Waals surface area contributed by atoms with E-state index in [4.69, 9.17) is 26.8 Å². The first-order valence-corrected chi connectivity index (χ1v) is 9.96. The summed E-state index contributed by atoms with van der Waals surface area (Å²) in [5.41, 5.74) is 9.27. The van der Waals surface area contributed by atoms with Crippen LogP contribution in [0.3, 0.4) is 0 Å². The summed E-state index contributed by atoms with van der Waals surface area (Å²) >= 11 is 0. The zero-order valence-corrected chi connectivity index (χ0v) is 17.2. The van der Waals surface area contributed by atoms with Crippen molar-refractivity contribution in [2.24, 2.45) is 5.73 Å². The molecule has 8 heteroatoms. The highest BCUT2D eigenvalue weighted by atomic mass is 16.1. The van der Waals surface area contributed by atoms with Gasteiger partial charge in [0, 0.05) is 42.4 Å². The van der Waals surface area contributed by atoms with Crippen molar-refractivity contribution in [3.8, 4) is 0 Å². The molecule has 2 heterocycles. The molecule has 6 nitrogen and oxygen atoms in total. The molecule has 1 aliphatic rings. The summed E-state index contributed by atoms with van der Waals surface area (Å²) in [5.74, 6) is 0.463. The predicted octanol–water partition coefficient (Wildman–Crippen LogP) is 2.90. The average molecular weight is 397 g/mol. The fraction of sp³-hybridized carbons (Fsp3) is 0.318. The Labute approximate surface area is 180 Å². The van der Waals surface area contributed by atoms with Crippen LogP contribution in [0.4, 0.5) is 11.5 Å². The van der Waals surface area contributed by atoms with Gasteiger partial charge >= 0.3 is 0 Å². The molecular weight excluding hydrogens is 372 g/mol. The summed E-state index contributed by atoms with van der Waals surface area (Å²) in [7, 11) is 11.7. The second-order valence-corrected chi connectivity index (χ2v) is 7.91. The third-order valence-electron chi connectivity index (χ3n) is 4.91. The number of carbonyl (C=O) groups is 1. The Bertz CT molecular complexity index is 945. The minimum Gasteiger partial charge on any atom is -0.398 e. The summed E-state index contributed by atoms with van der Waals surface area (Å²) in [6.45, 7) is 3.57. The SMILES string of the molecule is [B]C([B])(C)Cc1ccc(NC(=O)c2cnc(N3CCCC3)c(/C(N)=C/C=N)c2)cc1. The van der Waals surface area contributed by atoms with E-state index in [1.54, 1.807) is 19.2 Å². The zero-order valence-electron chi connectivity index (χ0n) is 17.2. The summed E-state index contributed by atoms with van der Waals surface area (Å²) in [6.07, 6.45) is 6.92. The van der Waals surface area contributed by atoms with Crippen molar-refractivity contribution in [3.63, 3.8) is 0 Å². The quantitative estimate of drug-likeness (QED) is 0.495. The van der Waals surface area contributed by atoms with Gasteiger partial charge in [-0.25, -0.2) is 4.98 Å². The van der Waals surface area contributed by atoms with Gasteiger partial charge in [-0.1, -0.05) is 24.3 Å². The van der Waals surface area contributed by atoms with Crippen LogP contribution in [-0.4, -0.2) is 45.9 Å². The Morgan fingerprint density at radius 3 is 2.57 bits per heavy atom. The Kier molecular flexibility index (Phi) is 6.65. The molecule has 0 saturated carbocycles. The van der Waals surface area contributed by atoms with E-state index in [2.05, 4.69) is 15.2 Å². The van der Waals surface area contributed by atoms with E-state index in [1.165, 1.54) is 6.08 Å². The fourth-order valence-corrected chi connectivity index (χ4v) is 3.50. The second kappa shape index (κ2) is 9.20. The third-order valence-corrected chi connectivity index (χ3v) is 4.91. The molecule has 1 aliphatic heterocycles. The maximum atomic E-state index is 12.8. The first kappa shape index (κ1) is 21.7. The maximum Gasteiger partial charge on any atom is 0.257 e. The van der Waals surface area contributed by atoms with Crippen LogP contribution in [0.1, 0.15) is 41.3 Å². The highest BCUT2D eigenvalue weighted by molar-refractivity contribution is 6.39. The Balaban J connectivity index is 1.81. The van der Waals surface area contributed by atoms with E-state index in [0.717, 1.165) is 43.5 Å². The summed E-state index contributed by atoms with van der Waals surface area (Å²) < 4.78 is 0. The van der Waals surface area contributed by atoms with Gasteiger partial charge in [-0.2, -0.15) is 0 Å². The maximum absolute atomic E-state index is 12.8. The molecule has 4 N–H and O–H groups in total. The van der Waals surface area contributed by atoms with Gasteiger partial charge in [0.2, 0.25) is 0 Å². The molecule has 0 bridgehead atoms. The molecule has 4 radical (unpaired) electrons. The molecule has 0 aliphatic carbocycles. The number of carbonyl (C=O) groups excluding carboxylic acids is 1. The van der Waals surface area contributed by atoms with E-state index in [1.807, 2.05) is 24.3 Å². The van der Waals surface area contributed by atoms with Crippen molar-refractivity contribution in [2.75, 3.05) is 23.3 Å². The zero-order chi connectivity index (χ0) is 21.7. The number of hydrogen-bond acceptors (Lipinski definition) is 5. The molecule has 1 saturated heterocycles. The number of pyridine rings is 1. The number of amides is 1.